The molecule has 1 aromatic carbocycles. The zero-order valence-electron chi connectivity index (χ0n) is 9.69. The summed E-state index contributed by atoms with van der Waals surface area (Å²) in [5.74, 6) is 3.52. The number of benzene rings is 1. The molecule has 94 valence electrons. The van der Waals surface area contributed by atoms with Gasteiger partial charge in [0.05, 0.1) is 7.11 Å². The van der Waals surface area contributed by atoms with Gasteiger partial charge < -0.3 is 10.5 Å². The van der Waals surface area contributed by atoms with E-state index >= 15 is 0 Å². The second-order valence-corrected chi connectivity index (χ2v) is 6.39. The quantitative estimate of drug-likeness (QED) is 0.918. The third-order valence-corrected chi connectivity index (χ3v) is 5.69. The summed E-state index contributed by atoms with van der Waals surface area (Å²) in [6.45, 7) is 0. The molecule has 5 heteroatoms. The van der Waals surface area contributed by atoms with Crippen LogP contribution in [0.5, 0.6) is 5.75 Å². The largest absolute Gasteiger partial charge is 0.497 e. The Morgan fingerprint density at radius 1 is 1.47 bits per heavy atom. The number of methoxy groups -OCH3 is 1. The van der Waals surface area contributed by atoms with Gasteiger partial charge in [-0.1, -0.05) is 6.07 Å². The molecule has 0 amide bonds. The van der Waals surface area contributed by atoms with Crippen molar-refractivity contribution in [2.75, 3.05) is 24.4 Å². The number of hydrogen-bond acceptors (Lipinski definition) is 4. The molecule has 0 saturated carbocycles. The Hall–Kier alpha value is -0.390. The highest BCUT2D eigenvalue weighted by Crippen LogP contribution is 2.33. The van der Waals surface area contributed by atoms with E-state index in [1.807, 2.05) is 23.5 Å². The van der Waals surface area contributed by atoms with Gasteiger partial charge in [-0.2, -0.15) is 23.5 Å². The lowest BCUT2D eigenvalue weighted by molar-refractivity contribution is 0.410. The predicted molar refractivity (Wildman–Crippen MR) is 73.5 cm³/mol. The molecule has 0 aromatic heterocycles. The molecule has 1 saturated heterocycles. The minimum absolute atomic E-state index is 0.237. The molecule has 1 heterocycles. The molecular weight excluding hydrogens is 257 g/mol. The van der Waals surface area contributed by atoms with Crippen molar-refractivity contribution in [1.82, 2.24) is 0 Å². The second-order valence-electron chi connectivity index (χ2n) is 3.90. The van der Waals surface area contributed by atoms with E-state index < -0.39 is 0 Å². The Bertz CT molecular complexity index is 383. The number of thioether (sulfide) groups is 2. The maximum absolute atomic E-state index is 13.9. The first-order chi connectivity index (χ1) is 8.22. The van der Waals surface area contributed by atoms with Gasteiger partial charge in [-0.25, -0.2) is 4.39 Å². The monoisotopic (exact) mass is 273 g/mol. The first-order valence-electron chi connectivity index (χ1n) is 5.50. The lowest BCUT2D eigenvalue weighted by atomic mass is 10.0. The number of rotatable bonds is 3. The Labute approximate surface area is 109 Å². The molecule has 2 N–H and O–H groups in total. The third-order valence-electron chi connectivity index (χ3n) is 2.81. The van der Waals surface area contributed by atoms with Crippen molar-refractivity contribution in [3.8, 4) is 5.75 Å². The fourth-order valence-corrected chi connectivity index (χ4v) is 4.61. The molecule has 1 aliphatic rings. The Morgan fingerprint density at radius 3 is 2.88 bits per heavy atom. The SMILES string of the molecule is COc1ccc(C(N)C2CSCCS2)c(F)c1. The van der Waals surface area contributed by atoms with E-state index in [-0.39, 0.29) is 11.9 Å². The number of hydrogen-bond donors (Lipinski definition) is 1. The van der Waals surface area contributed by atoms with Gasteiger partial charge in [0, 0.05) is 40.2 Å². The summed E-state index contributed by atoms with van der Waals surface area (Å²) in [6, 6.07) is 4.66. The molecule has 2 atom stereocenters. The number of halogens is 1. The summed E-state index contributed by atoms with van der Waals surface area (Å²) >= 11 is 3.73. The minimum atomic E-state index is -0.270. The summed E-state index contributed by atoms with van der Waals surface area (Å²) in [6.07, 6.45) is 0. The molecule has 1 aromatic rings. The summed E-state index contributed by atoms with van der Waals surface area (Å²) in [4.78, 5) is 0. The molecular formula is C12H16FNOS2. The zero-order valence-corrected chi connectivity index (χ0v) is 11.3. The van der Waals surface area contributed by atoms with Crippen LogP contribution in [-0.2, 0) is 0 Å². The highest BCUT2D eigenvalue weighted by molar-refractivity contribution is 8.06. The standard InChI is InChI=1S/C12H16FNOS2/c1-15-8-2-3-9(10(13)6-8)12(14)11-7-16-4-5-17-11/h2-3,6,11-12H,4-5,7,14H2,1H3. The van der Waals surface area contributed by atoms with Gasteiger partial charge in [0.25, 0.3) is 0 Å². The number of ether oxygens (including phenoxy) is 1. The highest BCUT2D eigenvalue weighted by atomic mass is 32.2. The van der Waals surface area contributed by atoms with Gasteiger partial charge in [0.15, 0.2) is 0 Å². The first-order valence-corrected chi connectivity index (χ1v) is 7.71. The molecule has 2 rings (SSSR count). The second kappa shape index (κ2) is 5.98. The Morgan fingerprint density at radius 2 is 2.29 bits per heavy atom. The van der Waals surface area contributed by atoms with Gasteiger partial charge in [0.1, 0.15) is 11.6 Å². The van der Waals surface area contributed by atoms with Crippen LogP contribution in [0.1, 0.15) is 11.6 Å². The summed E-state index contributed by atoms with van der Waals surface area (Å²) in [5.41, 5.74) is 6.74. The van der Waals surface area contributed by atoms with Gasteiger partial charge in [-0.3, -0.25) is 0 Å². The minimum Gasteiger partial charge on any atom is -0.497 e. The van der Waals surface area contributed by atoms with Crippen molar-refractivity contribution in [1.29, 1.82) is 0 Å². The fraction of sp³-hybridized carbons (Fsp3) is 0.500. The lowest BCUT2D eigenvalue weighted by Gasteiger charge is -2.27. The van der Waals surface area contributed by atoms with E-state index in [4.69, 9.17) is 10.5 Å². The first kappa shape index (κ1) is 13.1. The van der Waals surface area contributed by atoms with Crippen molar-refractivity contribution in [2.24, 2.45) is 5.73 Å². The van der Waals surface area contributed by atoms with E-state index in [9.17, 15) is 4.39 Å². The Kier molecular flexibility index (Phi) is 4.59. The molecule has 17 heavy (non-hydrogen) atoms. The highest BCUT2D eigenvalue weighted by Gasteiger charge is 2.25. The van der Waals surface area contributed by atoms with Crippen LogP contribution in [0.15, 0.2) is 18.2 Å². The van der Waals surface area contributed by atoms with Crippen molar-refractivity contribution >= 4 is 23.5 Å². The topological polar surface area (TPSA) is 35.2 Å². The molecule has 1 fully saturated rings. The average Bonchev–Trinajstić information content (AvgIpc) is 2.39. The van der Waals surface area contributed by atoms with Crippen molar-refractivity contribution in [3.05, 3.63) is 29.6 Å². The maximum atomic E-state index is 13.9. The van der Waals surface area contributed by atoms with E-state index in [0.717, 1.165) is 11.5 Å². The van der Waals surface area contributed by atoms with Crippen LogP contribution >= 0.6 is 23.5 Å². The van der Waals surface area contributed by atoms with Crippen molar-refractivity contribution in [2.45, 2.75) is 11.3 Å². The third kappa shape index (κ3) is 3.09. The maximum Gasteiger partial charge on any atom is 0.131 e. The molecule has 0 radical (unpaired) electrons. The van der Waals surface area contributed by atoms with E-state index in [0.29, 0.717) is 16.6 Å². The molecule has 2 unspecified atom stereocenters. The summed E-state index contributed by atoms with van der Waals surface area (Å²) < 4.78 is 18.9. The van der Waals surface area contributed by atoms with Crippen LogP contribution in [0, 0.1) is 5.82 Å². The normalized spacial score (nSPS) is 22.2. The van der Waals surface area contributed by atoms with Crippen molar-refractivity contribution < 1.29 is 9.13 Å². The smallest absolute Gasteiger partial charge is 0.131 e. The molecule has 0 bridgehead atoms. The molecule has 0 aliphatic carbocycles. The number of nitrogens with two attached hydrogens (primary N) is 1. The molecule has 1 aliphatic heterocycles. The van der Waals surface area contributed by atoms with Gasteiger partial charge in [-0.05, 0) is 6.07 Å². The van der Waals surface area contributed by atoms with Gasteiger partial charge >= 0.3 is 0 Å². The Balaban J connectivity index is 2.15. The average molecular weight is 273 g/mol. The molecule has 2 nitrogen and oxygen atoms in total. The van der Waals surface area contributed by atoms with Crippen molar-refractivity contribution in [3.63, 3.8) is 0 Å². The van der Waals surface area contributed by atoms with Crippen LogP contribution < -0.4 is 10.5 Å². The summed E-state index contributed by atoms with van der Waals surface area (Å²) in [7, 11) is 1.53. The van der Waals surface area contributed by atoms with Gasteiger partial charge in [0.2, 0.25) is 0 Å². The van der Waals surface area contributed by atoms with E-state index in [1.165, 1.54) is 18.9 Å². The van der Waals surface area contributed by atoms with Crippen LogP contribution in [0.2, 0.25) is 0 Å². The van der Waals surface area contributed by atoms with Gasteiger partial charge in [-0.15, -0.1) is 0 Å². The zero-order chi connectivity index (χ0) is 12.3. The molecule has 0 spiro atoms. The fourth-order valence-electron chi connectivity index (χ4n) is 1.82. The van der Waals surface area contributed by atoms with Crippen LogP contribution in [0.25, 0.3) is 0 Å². The lowest BCUT2D eigenvalue weighted by Crippen LogP contribution is -2.29. The van der Waals surface area contributed by atoms with Crippen LogP contribution in [-0.4, -0.2) is 29.6 Å². The summed E-state index contributed by atoms with van der Waals surface area (Å²) in [5, 5.41) is 0.302. The van der Waals surface area contributed by atoms with E-state index in [1.54, 1.807) is 12.1 Å². The van der Waals surface area contributed by atoms with Crippen LogP contribution in [0.4, 0.5) is 4.39 Å². The predicted octanol–water partition coefficient (Wildman–Crippen LogP) is 2.68. The van der Waals surface area contributed by atoms with E-state index in [2.05, 4.69) is 0 Å². The van der Waals surface area contributed by atoms with Crippen LogP contribution in [0.3, 0.4) is 0 Å².